The minimum absolute atomic E-state index is 0.00199. The van der Waals surface area contributed by atoms with E-state index in [1.54, 1.807) is 36.4 Å². The maximum Gasteiger partial charge on any atom is 0.287 e. The predicted molar refractivity (Wildman–Crippen MR) is 95.4 cm³/mol. The zero-order chi connectivity index (χ0) is 18.5. The topological polar surface area (TPSA) is 73.2 Å². The van der Waals surface area contributed by atoms with Crippen LogP contribution in [0, 0.1) is 5.82 Å². The van der Waals surface area contributed by atoms with Gasteiger partial charge in [0.05, 0.1) is 24.1 Å². The molecule has 7 heteroatoms. The summed E-state index contributed by atoms with van der Waals surface area (Å²) in [5.41, 5.74) is 0.760. The van der Waals surface area contributed by atoms with Crippen LogP contribution >= 0.6 is 0 Å². The molecule has 0 bridgehead atoms. The van der Waals surface area contributed by atoms with Crippen LogP contribution in [0.25, 0.3) is 10.9 Å². The van der Waals surface area contributed by atoms with Gasteiger partial charge in [-0.25, -0.2) is 9.37 Å². The molecule has 1 N–H and O–H groups in total. The summed E-state index contributed by atoms with van der Waals surface area (Å²) in [7, 11) is 1.52. The highest BCUT2D eigenvalue weighted by Gasteiger charge is 2.17. The number of carbonyl (C=O) groups is 1. The summed E-state index contributed by atoms with van der Waals surface area (Å²) in [6.07, 6.45) is 0. The molecule has 0 spiro atoms. The third-order valence-corrected chi connectivity index (χ3v) is 3.93. The van der Waals surface area contributed by atoms with E-state index in [9.17, 15) is 14.0 Å². The number of rotatable bonds is 6. The highest BCUT2D eigenvalue weighted by Crippen LogP contribution is 2.09. The summed E-state index contributed by atoms with van der Waals surface area (Å²) in [6, 6.07) is 12.8. The highest BCUT2D eigenvalue weighted by atomic mass is 19.1. The van der Waals surface area contributed by atoms with Crippen molar-refractivity contribution in [3.05, 3.63) is 76.1 Å². The maximum atomic E-state index is 13.3. The van der Waals surface area contributed by atoms with Crippen molar-refractivity contribution in [2.75, 3.05) is 13.7 Å². The number of hydrogen-bond donors (Lipinski definition) is 1. The monoisotopic (exact) mass is 355 g/mol. The number of nitrogens with one attached hydrogen (secondary N) is 1. The quantitative estimate of drug-likeness (QED) is 0.735. The SMILES string of the molecule is COCCn1c(C(=O)NCc2cccc(F)c2)nc2ccccc2c1=O. The fourth-order valence-corrected chi connectivity index (χ4v) is 2.64. The first-order chi connectivity index (χ1) is 12.6. The number of aromatic nitrogens is 2. The maximum absolute atomic E-state index is 13.3. The Labute approximate surface area is 149 Å². The molecule has 0 aliphatic rings. The van der Waals surface area contributed by atoms with E-state index in [-0.39, 0.29) is 36.9 Å². The lowest BCUT2D eigenvalue weighted by molar-refractivity contribution is 0.0931. The summed E-state index contributed by atoms with van der Waals surface area (Å²) in [5.74, 6) is -0.882. The van der Waals surface area contributed by atoms with E-state index in [1.165, 1.54) is 23.8 Å². The number of carbonyl (C=O) groups excluding carboxylic acids is 1. The van der Waals surface area contributed by atoms with Crippen molar-refractivity contribution < 1.29 is 13.9 Å². The van der Waals surface area contributed by atoms with Crippen LogP contribution in [0.2, 0.25) is 0 Å². The van der Waals surface area contributed by atoms with Gasteiger partial charge in [-0.15, -0.1) is 0 Å². The number of methoxy groups -OCH3 is 1. The van der Waals surface area contributed by atoms with Crippen molar-refractivity contribution in [1.82, 2.24) is 14.9 Å². The molecular formula is C19H18FN3O3. The fraction of sp³-hybridized carbons (Fsp3) is 0.211. The summed E-state index contributed by atoms with van der Waals surface area (Å²) < 4.78 is 19.6. The van der Waals surface area contributed by atoms with Crippen molar-refractivity contribution >= 4 is 16.8 Å². The molecule has 0 saturated heterocycles. The van der Waals surface area contributed by atoms with Gasteiger partial charge in [0.25, 0.3) is 11.5 Å². The highest BCUT2D eigenvalue weighted by molar-refractivity contribution is 5.93. The Balaban J connectivity index is 1.93. The number of benzene rings is 2. The molecule has 0 aliphatic carbocycles. The van der Waals surface area contributed by atoms with Gasteiger partial charge in [0.15, 0.2) is 0 Å². The number of amides is 1. The van der Waals surface area contributed by atoms with E-state index >= 15 is 0 Å². The average Bonchev–Trinajstić information content (AvgIpc) is 2.65. The molecule has 3 rings (SSSR count). The predicted octanol–water partition coefficient (Wildman–Crippen LogP) is 2.11. The zero-order valence-electron chi connectivity index (χ0n) is 14.2. The van der Waals surface area contributed by atoms with Gasteiger partial charge in [-0.1, -0.05) is 24.3 Å². The molecule has 0 unspecified atom stereocenters. The number of halogens is 1. The third-order valence-electron chi connectivity index (χ3n) is 3.93. The van der Waals surface area contributed by atoms with Gasteiger partial charge in [-0.05, 0) is 29.8 Å². The molecule has 0 aliphatic heterocycles. The van der Waals surface area contributed by atoms with Crippen molar-refractivity contribution in [3.63, 3.8) is 0 Å². The Morgan fingerprint density at radius 3 is 2.81 bits per heavy atom. The van der Waals surface area contributed by atoms with Crippen LogP contribution in [0.1, 0.15) is 16.2 Å². The number of fused-ring (bicyclic) bond motifs is 1. The number of ether oxygens (including phenoxy) is 1. The lowest BCUT2D eigenvalue weighted by Gasteiger charge is -2.13. The lowest BCUT2D eigenvalue weighted by Crippen LogP contribution is -2.34. The number of para-hydroxylation sites is 1. The Hall–Kier alpha value is -3.06. The first-order valence-electron chi connectivity index (χ1n) is 8.11. The molecule has 0 radical (unpaired) electrons. The van der Waals surface area contributed by atoms with Crippen molar-refractivity contribution in [2.24, 2.45) is 0 Å². The van der Waals surface area contributed by atoms with Crippen LogP contribution in [0.3, 0.4) is 0 Å². The van der Waals surface area contributed by atoms with E-state index in [0.717, 1.165) is 0 Å². The molecule has 1 amide bonds. The van der Waals surface area contributed by atoms with Crippen molar-refractivity contribution in [2.45, 2.75) is 13.1 Å². The van der Waals surface area contributed by atoms with E-state index in [2.05, 4.69) is 10.3 Å². The largest absolute Gasteiger partial charge is 0.383 e. The zero-order valence-corrected chi connectivity index (χ0v) is 14.2. The van der Waals surface area contributed by atoms with Gasteiger partial charge < -0.3 is 10.1 Å². The van der Waals surface area contributed by atoms with Crippen LogP contribution in [0.15, 0.2) is 53.3 Å². The standard InChI is InChI=1S/C19H18FN3O3/c1-26-10-9-23-17(22-16-8-3-2-7-15(16)19(23)25)18(24)21-12-13-5-4-6-14(20)11-13/h2-8,11H,9-10,12H2,1H3,(H,21,24). The van der Waals surface area contributed by atoms with Crippen LogP contribution in [0.5, 0.6) is 0 Å². The normalized spacial score (nSPS) is 10.8. The second-order valence-electron chi connectivity index (χ2n) is 5.71. The van der Waals surface area contributed by atoms with Crippen molar-refractivity contribution in [3.8, 4) is 0 Å². The lowest BCUT2D eigenvalue weighted by atomic mass is 10.2. The van der Waals surface area contributed by atoms with Gasteiger partial charge in [0, 0.05) is 13.7 Å². The molecule has 134 valence electrons. The molecule has 0 saturated carbocycles. The molecule has 2 aromatic carbocycles. The van der Waals surface area contributed by atoms with Crippen LogP contribution in [-0.4, -0.2) is 29.2 Å². The summed E-state index contributed by atoms with van der Waals surface area (Å²) >= 11 is 0. The van der Waals surface area contributed by atoms with Crippen LogP contribution in [-0.2, 0) is 17.8 Å². The molecule has 0 atom stereocenters. The smallest absolute Gasteiger partial charge is 0.287 e. The molecule has 0 fully saturated rings. The second-order valence-corrected chi connectivity index (χ2v) is 5.71. The van der Waals surface area contributed by atoms with E-state index in [0.29, 0.717) is 16.5 Å². The number of hydrogen-bond acceptors (Lipinski definition) is 4. The van der Waals surface area contributed by atoms with Gasteiger partial charge >= 0.3 is 0 Å². The first-order valence-corrected chi connectivity index (χ1v) is 8.11. The average molecular weight is 355 g/mol. The third kappa shape index (κ3) is 3.78. The van der Waals surface area contributed by atoms with E-state index in [4.69, 9.17) is 4.74 Å². The summed E-state index contributed by atoms with van der Waals surface area (Å²) in [6.45, 7) is 0.601. The van der Waals surface area contributed by atoms with Crippen LogP contribution < -0.4 is 10.9 Å². The Bertz CT molecular complexity index is 1000. The van der Waals surface area contributed by atoms with Gasteiger partial charge in [-0.3, -0.25) is 14.2 Å². The van der Waals surface area contributed by atoms with Gasteiger partial charge in [0.1, 0.15) is 5.82 Å². The molecule has 3 aromatic rings. The summed E-state index contributed by atoms with van der Waals surface area (Å²) in [4.78, 5) is 29.7. The Morgan fingerprint density at radius 2 is 2.04 bits per heavy atom. The van der Waals surface area contributed by atoms with Gasteiger partial charge in [-0.2, -0.15) is 0 Å². The Morgan fingerprint density at radius 1 is 1.23 bits per heavy atom. The molecule has 26 heavy (non-hydrogen) atoms. The number of nitrogens with zero attached hydrogens (tertiary/aromatic N) is 2. The van der Waals surface area contributed by atoms with E-state index < -0.39 is 5.91 Å². The second kappa shape index (κ2) is 7.88. The molecular weight excluding hydrogens is 337 g/mol. The molecule has 1 heterocycles. The first kappa shape index (κ1) is 17.8. The minimum atomic E-state index is -0.506. The van der Waals surface area contributed by atoms with Crippen molar-refractivity contribution in [1.29, 1.82) is 0 Å². The Kier molecular flexibility index (Phi) is 5.38. The van der Waals surface area contributed by atoms with Gasteiger partial charge in [0.2, 0.25) is 5.82 Å². The van der Waals surface area contributed by atoms with E-state index in [1.807, 2.05) is 0 Å². The minimum Gasteiger partial charge on any atom is -0.383 e. The molecule has 1 aromatic heterocycles. The van der Waals surface area contributed by atoms with Crippen LogP contribution in [0.4, 0.5) is 4.39 Å². The fourth-order valence-electron chi connectivity index (χ4n) is 2.64. The summed E-state index contributed by atoms with van der Waals surface area (Å²) in [5, 5.41) is 3.12. The molecule has 6 nitrogen and oxygen atoms in total.